The van der Waals surface area contributed by atoms with E-state index in [1.165, 1.54) is 11.8 Å². The lowest BCUT2D eigenvalue weighted by molar-refractivity contribution is -0.139. The highest BCUT2D eigenvalue weighted by Crippen LogP contribution is 2.22. The van der Waals surface area contributed by atoms with Gasteiger partial charge >= 0.3 is 0 Å². The summed E-state index contributed by atoms with van der Waals surface area (Å²) >= 11 is 7.74. The van der Waals surface area contributed by atoms with Crippen LogP contribution in [0.15, 0.2) is 48.5 Å². The highest BCUT2D eigenvalue weighted by atomic mass is 35.5. The minimum atomic E-state index is -0.524. The molecule has 0 saturated carbocycles. The van der Waals surface area contributed by atoms with Gasteiger partial charge in [0, 0.05) is 23.9 Å². The molecule has 32 heavy (non-hydrogen) atoms. The molecule has 1 N–H and O–H groups in total. The maximum absolute atomic E-state index is 13.3. The molecule has 2 aromatic rings. The molecule has 174 valence electrons. The quantitative estimate of drug-likeness (QED) is 0.459. The van der Waals surface area contributed by atoms with Gasteiger partial charge in [-0.25, -0.2) is 0 Å². The van der Waals surface area contributed by atoms with E-state index in [2.05, 4.69) is 5.32 Å². The fourth-order valence-electron chi connectivity index (χ4n) is 3.22. The van der Waals surface area contributed by atoms with Crippen LogP contribution in [-0.4, -0.2) is 42.2 Å². The number of halogens is 1. The number of hydrogen-bond donors (Lipinski definition) is 1. The number of benzene rings is 2. The lowest BCUT2D eigenvalue weighted by Gasteiger charge is -2.31. The van der Waals surface area contributed by atoms with Gasteiger partial charge in [0.2, 0.25) is 11.8 Å². The topological polar surface area (TPSA) is 58.6 Å². The van der Waals surface area contributed by atoms with Crippen molar-refractivity contribution in [2.75, 3.05) is 19.4 Å². The van der Waals surface area contributed by atoms with Gasteiger partial charge in [-0.3, -0.25) is 9.59 Å². The van der Waals surface area contributed by atoms with Crippen LogP contribution in [0.5, 0.6) is 5.75 Å². The number of rotatable bonds is 12. The monoisotopic (exact) mass is 476 g/mol. The lowest BCUT2D eigenvalue weighted by atomic mass is 10.1. The Bertz CT molecular complexity index is 874. The standard InChI is InChI=1S/C25H33ClN2O3S/c1-5-23(25(30)27-14-18(2)3)28(15-19-10-12-21(31-4)13-11-19)24(29)17-32-16-20-8-6-7-9-22(20)26/h6-13,18,23H,5,14-17H2,1-4H3,(H,27,30)/t23-/m0/s1. The second-order valence-corrected chi connectivity index (χ2v) is 9.41. The summed E-state index contributed by atoms with van der Waals surface area (Å²) in [5.74, 6) is 1.83. The number of thioether (sulfide) groups is 1. The van der Waals surface area contributed by atoms with E-state index < -0.39 is 6.04 Å². The summed E-state index contributed by atoms with van der Waals surface area (Å²) in [6.07, 6.45) is 0.543. The summed E-state index contributed by atoms with van der Waals surface area (Å²) in [4.78, 5) is 27.9. The summed E-state index contributed by atoms with van der Waals surface area (Å²) in [7, 11) is 1.62. The summed E-state index contributed by atoms with van der Waals surface area (Å²) in [5.41, 5.74) is 1.95. The molecule has 0 bridgehead atoms. The Kier molecular flexibility index (Phi) is 10.9. The van der Waals surface area contributed by atoms with E-state index in [-0.39, 0.29) is 17.6 Å². The molecule has 0 saturated heterocycles. The smallest absolute Gasteiger partial charge is 0.242 e. The van der Waals surface area contributed by atoms with E-state index in [4.69, 9.17) is 16.3 Å². The molecule has 0 aliphatic rings. The van der Waals surface area contributed by atoms with E-state index in [1.807, 2.05) is 69.3 Å². The van der Waals surface area contributed by atoms with E-state index in [9.17, 15) is 9.59 Å². The zero-order valence-corrected chi connectivity index (χ0v) is 20.8. The molecule has 7 heteroatoms. The van der Waals surface area contributed by atoms with E-state index in [1.54, 1.807) is 12.0 Å². The fraction of sp³-hybridized carbons (Fsp3) is 0.440. The number of ether oxygens (including phenoxy) is 1. The number of carbonyl (C=O) groups is 2. The molecule has 2 aromatic carbocycles. The Balaban J connectivity index is 2.13. The van der Waals surface area contributed by atoms with Gasteiger partial charge in [0.05, 0.1) is 12.9 Å². The van der Waals surface area contributed by atoms with Gasteiger partial charge in [-0.2, -0.15) is 0 Å². The first-order valence-electron chi connectivity index (χ1n) is 10.9. The molecular formula is C25H33ClN2O3S. The van der Waals surface area contributed by atoms with Crippen molar-refractivity contribution in [2.45, 2.75) is 45.5 Å². The van der Waals surface area contributed by atoms with Crippen molar-refractivity contribution < 1.29 is 14.3 Å². The Hall–Kier alpha value is -2.18. The number of nitrogens with zero attached hydrogens (tertiary/aromatic N) is 1. The Labute approximate surface area is 200 Å². The van der Waals surface area contributed by atoms with Crippen LogP contribution in [0.25, 0.3) is 0 Å². The number of nitrogens with one attached hydrogen (secondary N) is 1. The van der Waals surface area contributed by atoms with Gasteiger partial charge in [0.25, 0.3) is 0 Å². The molecule has 0 heterocycles. The third-order valence-electron chi connectivity index (χ3n) is 5.02. The third kappa shape index (κ3) is 8.06. The molecule has 0 radical (unpaired) electrons. The van der Waals surface area contributed by atoms with Crippen molar-refractivity contribution in [1.29, 1.82) is 0 Å². The summed E-state index contributed by atoms with van der Waals surface area (Å²) in [6.45, 7) is 6.98. The molecule has 0 aliphatic carbocycles. The van der Waals surface area contributed by atoms with Crippen molar-refractivity contribution in [3.8, 4) is 5.75 Å². The van der Waals surface area contributed by atoms with Crippen molar-refractivity contribution >= 4 is 35.2 Å². The zero-order chi connectivity index (χ0) is 23.5. The Morgan fingerprint density at radius 1 is 1.12 bits per heavy atom. The highest BCUT2D eigenvalue weighted by Gasteiger charge is 2.28. The molecule has 0 aromatic heterocycles. The Morgan fingerprint density at radius 3 is 2.41 bits per heavy atom. The molecule has 2 rings (SSSR count). The number of methoxy groups -OCH3 is 1. The van der Waals surface area contributed by atoms with E-state index in [0.29, 0.717) is 36.2 Å². The normalized spacial score (nSPS) is 11.8. The fourth-order valence-corrected chi connectivity index (χ4v) is 4.41. The predicted molar refractivity (Wildman–Crippen MR) is 133 cm³/mol. The van der Waals surface area contributed by atoms with E-state index in [0.717, 1.165) is 16.9 Å². The van der Waals surface area contributed by atoms with Crippen molar-refractivity contribution in [1.82, 2.24) is 10.2 Å². The number of amides is 2. The van der Waals surface area contributed by atoms with Crippen molar-refractivity contribution in [3.63, 3.8) is 0 Å². The molecule has 0 fully saturated rings. The molecular weight excluding hydrogens is 444 g/mol. The number of hydrogen-bond acceptors (Lipinski definition) is 4. The van der Waals surface area contributed by atoms with Crippen LogP contribution in [0, 0.1) is 5.92 Å². The van der Waals surface area contributed by atoms with Gasteiger partial charge in [-0.05, 0) is 41.7 Å². The molecule has 5 nitrogen and oxygen atoms in total. The van der Waals surface area contributed by atoms with Crippen LogP contribution in [0.1, 0.15) is 38.3 Å². The first kappa shape index (κ1) is 26.1. The van der Waals surface area contributed by atoms with Gasteiger partial charge in [-0.15, -0.1) is 11.8 Å². The number of carbonyl (C=O) groups excluding carboxylic acids is 2. The maximum atomic E-state index is 13.3. The summed E-state index contributed by atoms with van der Waals surface area (Å²) in [5, 5.41) is 3.68. The Morgan fingerprint density at radius 2 is 1.81 bits per heavy atom. The largest absolute Gasteiger partial charge is 0.497 e. The van der Waals surface area contributed by atoms with Crippen LogP contribution in [0.4, 0.5) is 0 Å². The molecule has 0 aliphatic heterocycles. The highest BCUT2D eigenvalue weighted by molar-refractivity contribution is 7.99. The first-order chi connectivity index (χ1) is 15.3. The van der Waals surface area contributed by atoms with Gasteiger partial charge in [0.1, 0.15) is 11.8 Å². The summed E-state index contributed by atoms with van der Waals surface area (Å²) in [6, 6.07) is 14.7. The van der Waals surface area contributed by atoms with Crippen LogP contribution in [0.2, 0.25) is 5.02 Å². The minimum absolute atomic E-state index is 0.0654. The molecule has 0 unspecified atom stereocenters. The summed E-state index contributed by atoms with van der Waals surface area (Å²) < 4.78 is 5.23. The SMILES string of the molecule is CC[C@@H](C(=O)NCC(C)C)N(Cc1ccc(OC)cc1)C(=O)CSCc1ccccc1Cl. The van der Waals surface area contributed by atoms with Gasteiger partial charge in [-0.1, -0.05) is 62.7 Å². The third-order valence-corrected chi connectivity index (χ3v) is 6.36. The van der Waals surface area contributed by atoms with Crippen LogP contribution >= 0.6 is 23.4 Å². The first-order valence-corrected chi connectivity index (χ1v) is 12.4. The van der Waals surface area contributed by atoms with Crippen LogP contribution in [0.3, 0.4) is 0 Å². The van der Waals surface area contributed by atoms with Crippen LogP contribution in [-0.2, 0) is 21.9 Å². The molecule has 0 spiro atoms. The van der Waals surface area contributed by atoms with Gasteiger partial charge < -0.3 is 15.0 Å². The second kappa shape index (κ2) is 13.4. The van der Waals surface area contributed by atoms with Crippen molar-refractivity contribution in [2.24, 2.45) is 5.92 Å². The van der Waals surface area contributed by atoms with Gasteiger partial charge in [0.15, 0.2) is 0 Å². The van der Waals surface area contributed by atoms with Crippen molar-refractivity contribution in [3.05, 3.63) is 64.7 Å². The average molecular weight is 477 g/mol. The minimum Gasteiger partial charge on any atom is -0.497 e. The maximum Gasteiger partial charge on any atom is 0.242 e. The second-order valence-electron chi connectivity index (χ2n) is 8.02. The zero-order valence-electron chi connectivity index (χ0n) is 19.3. The molecule has 1 atom stereocenters. The lowest BCUT2D eigenvalue weighted by Crippen LogP contribution is -2.50. The average Bonchev–Trinajstić information content (AvgIpc) is 2.79. The predicted octanol–water partition coefficient (Wildman–Crippen LogP) is 5.16. The molecule has 2 amide bonds. The van der Waals surface area contributed by atoms with Crippen LogP contribution < -0.4 is 10.1 Å². The van der Waals surface area contributed by atoms with E-state index >= 15 is 0 Å².